The zero-order chi connectivity index (χ0) is 25.1. The summed E-state index contributed by atoms with van der Waals surface area (Å²) in [5.41, 5.74) is 14.9. The Balaban J connectivity index is 1.93. The molecule has 0 aromatic carbocycles. The van der Waals surface area contributed by atoms with Gasteiger partial charge < -0.3 is 9.97 Å². The predicted octanol–water partition coefficient (Wildman–Crippen LogP) is 8.08. The number of H-pyrrole nitrogens is 2. The van der Waals surface area contributed by atoms with E-state index in [1.165, 1.54) is 55.7 Å². The highest BCUT2D eigenvalue weighted by Crippen LogP contribution is 2.28. The molecule has 0 unspecified atom stereocenters. The third-order valence-electron chi connectivity index (χ3n) is 7.50. The van der Waals surface area contributed by atoms with Crippen molar-refractivity contribution in [2.45, 2.75) is 91.9 Å². The van der Waals surface area contributed by atoms with Crippen LogP contribution >= 0.6 is 0 Å². The van der Waals surface area contributed by atoms with Crippen LogP contribution in [0.1, 0.15) is 98.4 Å². The smallest absolute Gasteiger partial charge is 0.0690 e. The van der Waals surface area contributed by atoms with Crippen molar-refractivity contribution in [2.24, 2.45) is 0 Å². The van der Waals surface area contributed by atoms with E-state index in [-0.39, 0.29) is 0 Å². The van der Waals surface area contributed by atoms with Gasteiger partial charge in [0.2, 0.25) is 0 Å². The van der Waals surface area contributed by atoms with Gasteiger partial charge in [-0.25, -0.2) is 4.98 Å². The highest BCUT2D eigenvalue weighted by molar-refractivity contribution is 5.80. The summed E-state index contributed by atoms with van der Waals surface area (Å²) in [5, 5.41) is 0. The van der Waals surface area contributed by atoms with Crippen molar-refractivity contribution in [3.63, 3.8) is 0 Å². The average molecular weight is 481 g/mol. The van der Waals surface area contributed by atoms with E-state index < -0.39 is 0 Å². The number of hydrogen-bond acceptors (Lipinski definition) is 2. The van der Waals surface area contributed by atoms with Crippen LogP contribution in [0.3, 0.4) is 0 Å². The predicted molar refractivity (Wildman–Crippen MR) is 153 cm³/mol. The Labute approximate surface area is 215 Å². The van der Waals surface area contributed by atoms with Gasteiger partial charge in [-0.1, -0.05) is 53.4 Å². The maximum Gasteiger partial charge on any atom is 0.0690 e. The first-order valence-corrected chi connectivity index (χ1v) is 14.1. The molecule has 2 aliphatic heterocycles. The van der Waals surface area contributed by atoms with Gasteiger partial charge in [-0.15, -0.1) is 0 Å². The van der Waals surface area contributed by atoms with Crippen LogP contribution in [0.2, 0.25) is 0 Å². The van der Waals surface area contributed by atoms with E-state index in [1.807, 2.05) is 0 Å². The van der Waals surface area contributed by atoms with Gasteiger partial charge in [-0.3, -0.25) is 4.98 Å². The number of rotatable bonds is 8. The molecule has 3 aromatic heterocycles. The Morgan fingerprint density at radius 2 is 0.889 bits per heavy atom. The highest BCUT2D eigenvalue weighted by Gasteiger charge is 2.17. The fourth-order valence-corrected chi connectivity index (χ4v) is 5.81. The lowest BCUT2D eigenvalue weighted by Crippen LogP contribution is -1.94. The Bertz CT molecular complexity index is 1330. The molecule has 0 aliphatic carbocycles. The van der Waals surface area contributed by atoms with Crippen LogP contribution in [0.25, 0.3) is 34.2 Å². The molecule has 8 bridgehead atoms. The largest absolute Gasteiger partial charge is 0.355 e. The molecule has 2 aliphatic rings. The normalized spacial score (nSPS) is 13.0. The second-order valence-electron chi connectivity index (χ2n) is 10.2. The summed E-state index contributed by atoms with van der Waals surface area (Å²) in [4.78, 5) is 18.1. The zero-order valence-electron chi connectivity index (χ0n) is 22.4. The van der Waals surface area contributed by atoms with Gasteiger partial charge in [0.15, 0.2) is 0 Å². The third-order valence-corrected chi connectivity index (χ3v) is 7.50. The van der Waals surface area contributed by atoms with Crippen molar-refractivity contribution >= 4 is 34.2 Å². The molecule has 0 atom stereocenters. The standard InChI is InChI=1S/C32H40N4/c1-5-9-21-25-13-15-27(33-25)22(10-6-2)29-17-19-31(35-29)24(12-8-4)32-20-18-30(36-32)23(11-7-3)28-16-14-26(21)34-28/h13-17,19,34-35H,5-12,18,20H2,1-4H3. The van der Waals surface area contributed by atoms with Gasteiger partial charge in [-0.2, -0.15) is 0 Å². The van der Waals surface area contributed by atoms with Crippen LogP contribution < -0.4 is 0 Å². The van der Waals surface area contributed by atoms with Gasteiger partial charge in [0.1, 0.15) is 0 Å². The molecule has 5 heterocycles. The summed E-state index contributed by atoms with van der Waals surface area (Å²) >= 11 is 0. The molecule has 0 saturated carbocycles. The topological polar surface area (TPSA) is 57.4 Å². The Hall–Kier alpha value is -3.14. The number of aryl methyl sites for hydroxylation is 6. The van der Waals surface area contributed by atoms with Crippen molar-refractivity contribution in [1.82, 2.24) is 19.9 Å². The molecule has 0 radical (unpaired) electrons. The van der Waals surface area contributed by atoms with Crippen LogP contribution in [-0.4, -0.2) is 19.9 Å². The fourth-order valence-electron chi connectivity index (χ4n) is 5.81. The summed E-state index contributed by atoms with van der Waals surface area (Å²) in [6, 6.07) is 9.04. The minimum atomic E-state index is 1.00. The summed E-state index contributed by atoms with van der Waals surface area (Å²) in [5.74, 6) is 0. The molecule has 0 fully saturated rings. The highest BCUT2D eigenvalue weighted by atomic mass is 14.8. The molecule has 2 N–H and O–H groups in total. The Kier molecular flexibility index (Phi) is 7.41. The number of aromatic amines is 2. The molecule has 36 heavy (non-hydrogen) atoms. The lowest BCUT2D eigenvalue weighted by molar-refractivity contribution is 0.887. The zero-order valence-corrected chi connectivity index (χ0v) is 22.4. The molecule has 4 heteroatoms. The lowest BCUT2D eigenvalue weighted by atomic mass is 10.0. The number of nitrogens with zero attached hydrogens (tertiary/aromatic N) is 2. The first kappa shape index (κ1) is 24.5. The van der Waals surface area contributed by atoms with Crippen molar-refractivity contribution in [3.8, 4) is 0 Å². The monoisotopic (exact) mass is 480 g/mol. The second-order valence-corrected chi connectivity index (χ2v) is 10.2. The summed E-state index contributed by atoms with van der Waals surface area (Å²) in [7, 11) is 0. The molecule has 0 saturated heterocycles. The van der Waals surface area contributed by atoms with E-state index in [0.29, 0.717) is 0 Å². The van der Waals surface area contributed by atoms with Crippen molar-refractivity contribution < 1.29 is 0 Å². The lowest BCUT2D eigenvalue weighted by Gasteiger charge is -2.04. The molecule has 0 amide bonds. The van der Waals surface area contributed by atoms with E-state index in [2.05, 4.69) is 74.1 Å². The van der Waals surface area contributed by atoms with Gasteiger partial charge in [0, 0.05) is 44.6 Å². The Morgan fingerprint density at radius 1 is 0.528 bits per heavy atom. The van der Waals surface area contributed by atoms with E-state index >= 15 is 0 Å². The maximum atomic E-state index is 5.30. The Morgan fingerprint density at radius 3 is 1.28 bits per heavy atom. The molecule has 4 nitrogen and oxygen atoms in total. The first-order valence-electron chi connectivity index (χ1n) is 14.1. The SMILES string of the molecule is CCCc1c2nc(c(CCC)c3ccc([nH]3)c(CCC)c3nc(c(CCC)c4ccc1[nH]4)CC3)C=C2. The third kappa shape index (κ3) is 4.66. The first-order chi connectivity index (χ1) is 17.7. The van der Waals surface area contributed by atoms with Gasteiger partial charge >= 0.3 is 0 Å². The maximum absolute atomic E-state index is 5.30. The van der Waals surface area contributed by atoms with E-state index in [9.17, 15) is 0 Å². The molecule has 3 aromatic rings. The number of fused-ring (bicyclic) bond motifs is 8. The number of hydrogen-bond donors (Lipinski definition) is 2. The molecular formula is C32H40N4. The van der Waals surface area contributed by atoms with Crippen LogP contribution in [0.4, 0.5) is 0 Å². The molecule has 5 rings (SSSR count). The van der Waals surface area contributed by atoms with Crippen molar-refractivity contribution in [3.05, 3.63) is 69.3 Å². The van der Waals surface area contributed by atoms with Crippen LogP contribution in [0.15, 0.2) is 24.3 Å². The van der Waals surface area contributed by atoms with Crippen LogP contribution in [0.5, 0.6) is 0 Å². The van der Waals surface area contributed by atoms with E-state index in [1.54, 1.807) is 0 Å². The molecular weight excluding hydrogens is 440 g/mol. The van der Waals surface area contributed by atoms with Crippen molar-refractivity contribution in [1.29, 1.82) is 0 Å². The average Bonchev–Trinajstić information content (AvgIpc) is 3.69. The summed E-state index contributed by atoms with van der Waals surface area (Å²) in [6.07, 6.45) is 15.0. The summed E-state index contributed by atoms with van der Waals surface area (Å²) in [6.45, 7) is 9.02. The molecule has 188 valence electrons. The van der Waals surface area contributed by atoms with Crippen molar-refractivity contribution in [2.75, 3.05) is 0 Å². The van der Waals surface area contributed by atoms with E-state index in [4.69, 9.17) is 9.97 Å². The van der Waals surface area contributed by atoms with Gasteiger partial charge in [0.25, 0.3) is 0 Å². The van der Waals surface area contributed by atoms with Crippen LogP contribution in [0, 0.1) is 0 Å². The number of nitrogens with one attached hydrogen (secondary N) is 2. The quantitative estimate of drug-likeness (QED) is 0.268. The second kappa shape index (κ2) is 10.9. The van der Waals surface area contributed by atoms with E-state index in [0.717, 1.165) is 75.6 Å². The van der Waals surface area contributed by atoms with Gasteiger partial charge in [-0.05, 0) is 86.1 Å². The number of aromatic nitrogens is 4. The molecule has 0 spiro atoms. The minimum absolute atomic E-state index is 1.00. The van der Waals surface area contributed by atoms with Crippen LogP contribution in [-0.2, 0) is 38.5 Å². The summed E-state index contributed by atoms with van der Waals surface area (Å²) < 4.78 is 0. The fraction of sp³-hybridized carbons (Fsp3) is 0.438. The minimum Gasteiger partial charge on any atom is -0.355 e. The van der Waals surface area contributed by atoms with Gasteiger partial charge in [0.05, 0.1) is 11.4 Å².